The number of halogens is 2. The van der Waals surface area contributed by atoms with Crippen LogP contribution in [0.25, 0.3) is 0 Å². The first-order chi connectivity index (χ1) is 9.41. The van der Waals surface area contributed by atoms with Crippen LogP contribution < -0.4 is 0 Å². The number of aliphatic carboxylic acids is 1. The molecule has 20 heavy (non-hydrogen) atoms. The van der Waals surface area contributed by atoms with Crippen LogP contribution >= 0.6 is 27.5 Å². The van der Waals surface area contributed by atoms with Gasteiger partial charge in [-0.1, -0.05) is 27.5 Å². The van der Waals surface area contributed by atoms with Gasteiger partial charge in [0.05, 0.1) is 12.0 Å². The lowest BCUT2D eigenvalue weighted by Crippen LogP contribution is -2.36. The van der Waals surface area contributed by atoms with E-state index in [1.165, 1.54) is 4.90 Å². The number of nitrogens with zero attached hydrogens (tertiary/aromatic N) is 1. The van der Waals surface area contributed by atoms with Crippen LogP contribution in [0, 0.1) is 5.92 Å². The molecule has 1 aliphatic heterocycles. The van der Waals surface area contributed by atoms with Crippen LogP contribution in [0.3, 0.4) is 0 Å². The quantitative estimate of drug-likeness (QED) is 0.878. The zero-order chi connectivity index (χ0) is 14.9. The molecule has 1 heterocycles. The molecule has 1 aromatic rings. The highest BCUT2D eigenvalue weighted by molar-refractivity contribution is 9.10. The highest BCUT2D eigenvalue weighted by Crippen LogP contribution is 2.39. The zero-order valence-electron chi connectivity index (χ0n) is 11.0. The predicted octanol–water partition coefficient (Wildman–Crippen LogP) is 3.49. The monoisotopic (exact) mass is 359 g/mol. The number of carboxylic acid groups (broad SMARTS) is 1. The van der Waals surface area contributed by atoms with Gasteiger partial charge in [-0.05, 0) is 36.6 Å². The average molecular weight is 361 g/mol. The molecule has 0 aliphatic carbocycles. The number of hydrogen-bond donors (Lipinski definition) is 1. The van der Waals surface area contributed by atoms with Crippen LogP contribution in [0.4, 0.5) is 0 Å². The van der Waals surface area contributed by atoms with Gasteiger partial charge in [-0.3, -0.25) is 9.59 Å². The zero-order valence-corrected chi connectivity index (χ0v) is 13.3. The third-order valence-corrected chi connectivity index (χ3v) is 4.53. The van der Waals surface area contributed by atoms with Crippen LogP contribution in [0.2, 0.25) is 5.02 Å². The van der Waals surface area contributed by atoms with Gasteiger partial charge in [-0.2, -0.15) is 0 Å². The van der Waals surface area contributed by atoms with E-state index in [-0.39, 0.29) is 5.91 Å². The van der Waals surface area contributed by atoms with E-state index in [9.17, 15) is 14.7 Å². The number of likely N-dealkylation sites (tertiary alicyclic amines) is 1. The molecule has 1 N–H and O–H groups in total. The second-order valence-corrected chi connectivity index (χ2v) is 6.28. The Kier molecular flexibility index (Phi) is 4.70. The molecule has 6 heteroatoms. The Balaban J connectivity index is 2.52. The molecule has 0 saturated carbocycles. The molecule has 0 spiro atoms. The van der Waals surface area contributed by atoms with Crippen molar-refractivity contribution in [2.45, 2.75) is 25.3 Å². The van der Waals surface area contributed by atoms with Gasteiger partial charge in [0.1, 0.15) is 0 Å². The van der Waals surface area contributed by atoms with E-state index in [0.717, 1.165) is 4.47 Å². The SMILES string of the molecule is CN1C(=O)CCCC(C(=O)O)C1c1cc(Br)ccc1Cl. The second kappa shape index (κ2) is 6.14. The summed E-state index contributed by atoms with van der Waals surface area (Å²) in [4.78, 5) is 25.1. The lowest BCUT2D eigenvalue weighted by Gasteiger charge is -2.31. The number of benzene rings is 1. The summed E-state index contributed by atoms with van der Waals surface area (Å²) >= 11 is 9.58. The van der Waals surface area contributed by atoms with Gasteiger partial charge in [-0.15, -0.1) is 0 Å². The molecule has 2 unspecified atom stereocenters. The number of rotatable bonds is 2. The van der Waals surface area contributed by atoms with E-state index >= 15 is 0 Å². The molecular formula is C14H15BrClNO3. The summed E-state index contributed by atoms with van der Waals surface area (Å²) in [5.41, 5.74) is 0.672. The number of carbonyl (C=O) groups excluding carboxylic acids is 1. The molecule has 108 valence electrons. The topological polar surface area (TPSA) is 57.6 Å². The number of hydrogen-bond acceptors (Lipinski definition) is 2. The van der Waals surface area contributed by atoms with Crippen molar-refractivity contribution in [3.63, 3.8) is 0 Å². The second-order valence-electron chi connectivity index (χ2n) is 4.95. The lowest BCUT2D eigenvalue weighted by atomic mass is 9.89. The molecule has 2 atom stereocenters. The normalized spacial score (nSPS) is 23.6. The standard InChI is InChI=1S/C14H15BrClNO3/c1-17-12(18)4-2-3-9(14(19)20)13(17)10-7-8(15)5-6-11(10)16/h5-7,9,13H,2-4H2,1H3,(H,19,20). The molecule has 0 radical (unpaired) electrons. The minimum absolute atomic E-state index is 0.0465. The predicted molar refractivity (Wildman–Crippen MR) is 79.6 cm³/mol. The first-order valence-corrected chi connectivity index (χ1v) is 7.52. The maximum Gasteiger partial charge on any atom is 0.308 e. The highest BCUT2D eigenvalue weighted by Gasteiger charge is 2.37. The van der Waals surface area contributed by atoms with Gasteiger partial charge in [-0.25, -0.2) is 0 Å². The summed E-state index contributed by atoms with van der Waals surface area (Å²) in [6.45, 7) is 0. The van der Waals surface area contributed by atoms with Crippen molar-refractivity contribution in [3.8, 4) is 0 Å². The summed E-state index contributed by atoms with van der Waals surface area (Å²) in [6, 6.07) is 4.76. The van der Waals surface area contributed by atoms with Crippen molar-refractivity contribution >= 4 is 39.4 Å². The van der Waals surface area contributed by atoms with Crippen LogP contribution in [0.1, 0.15) is 30.9 Å². The molecular weight excluding hydrogens is 346 g/mol. The molecule has 4 nitrogen and oxygen atoms in total. The van der Waals surface area contributed by atoms with E-state index in [0.29, 0.717) is 29.8 Å². The fraction of sp³-hybridized carbons (Fsp3) is 0.429. The molecule has 1 aliphatic rings. The van der Waals surface area contributed by atoms with E-state index in [1.54, 1.807) is 25.2 Å². The highest BCUT2D eigenvalue weighted by atomic mass is 79.9. The van der Waals surface area contributed by atoms with Gasteiger partial charge in [0.25, 0.3) is 0 Å². The van der Waals surface area contributed by atoms with Gasteiger partial charge >= 0.3 is 5.97 Å². The minimum Gasteiger partial charge on any atom is -0.481 e. The number of carboxylic acids is 1. The first kappa shape index (κ1) is 15.3. The van der Waals surface area contributed by atoms with Crippen molar-refractivity contribution in [2.75, 3.05) is 7.05 Å². The Hall–Kier alpha value is -1.07. The Morgan fingerprint density at radius 2 is 2.20 bits per heavy atom. The Bertz CT molecular complexity index is 549. The summed E-state index contributed by atoms with van der Waals surface area (Å²) in [6.07, 6.45) is 1.43. The van der Waals surface area contributed by atoms with Crippen molar-refractivity contribution in [1.29, 1.82) is 0 Å². The molecule has 1 amide bonds. The van der Waals surface area contributed by atoms with Crippen molar-refractivity contribution < 1.29 is 14.7 Å². The number of carbonyl (C=O) groups is 2. The largest absolute Gasteiger partial charge is 0.481 e. The Morgan fingerprint density at radius 3 is 2.85 bits per heavy atom. The van der Waals surface area contributed by atoms with E-state index < -0.39 is 17.9 Å². The first-order valence-electron chi connectivity index (χ1n) is 6.35. The van der Waals surface area contributed by atoms with Crippen molar-refractivity contribution in [1.82, 2.24) is 4.90 Å². The third kappa shape index (κ3) is 2.99. The third-order valence-electron chi connectivity index (χ3n) is 3.69. The summed E-state index contributed by atoms with van der Waals surface area (Å²) < 4.78 is 0.811. The van der Waals surface area contributed by atoms with Crippen LogP contribution in [-0.2, 0) is 9.59 Å². The Labute approximate surface area is 130 Å². The van der Waals surface area contributed by atoms with E-state index in [2.05, 4.69) is 15.9 Å². The Morgan fingerprint density at radius 1 is 1.50 bits per heavy atom. The molecule has 0 bridgehead atoms. The van der Waals surface area contributed by atoms with E-state index in [1.807, 2.05) is 0 Å². The fourth-order valence-corrected chi connectivity index (χ4v) is 3.27. The van der Waals surface area contributed by atoms with Crippen LogP contribution in [0.5, 0.6) is 0 Å². The van der Waals surface area contributed by atoms with Crippen LogP contribution in [-0.4, -0.2) is 28.9 Å². The average Bonchev–Trinajstić information content (AvgIpc) is 2.53. The van der Waals surface area contributed by atoms with Crippen molar-refractivity contribution in [2.24, 2.45) is 5.92 Å². The van der Waals surface area contributed by atoms with Crippen molar-refractivity contribution in [3.05, 3.63) is 33.3 Å². The van der Waals surface area contributed by atoms with Gasteiger partial charge in [0.15, 0.2) is 0 Å². The molecule has 1 aromatic carbocycles. The van der Waals surface area contributed by atoms with Gasteiger partial charge in [0, 0.05) is 23.0 Å². The number of amides is 1. The smallest absolute Gasteiger partial charge is 0.308 e. The summed E-state index contributed by atoms with van der Waals surface area (Å²) in [7, 11) is 1.64. The fourth-order valence-electron chi connectivity index (χ4n) is 2.66. The maximum atomic E-state index is 12.0. The molecule has 0 aromatic heterocycles. The van der Waals surface area contributed by atoms with Gasteiger partial charge in [0.2, 0.25) is 5.91 Å². The lowest BCUT2D eigenvalue weighted by molar-refractivity contribution is -0.145. The maximum absolute atomic E-state index is 12.0. The van der Waals surface area contributed by atoms with Gasteiger partial charge < -0.3 is 10.0 Å². The van der Waals surface area contributed by atoms with E-state index in [4.69, 9.17) is 11.6 Å². The minimum atomic E-state index is -0.896. The molecule has 2 rings (SSSR count). The summed E-state index contributed by atoms with van der Waals surface area (Å²) in [5, 5.41) is 9.94. The molecule has 1 saturated heterocycles. The molecule has 1 fully saturated rings. The summed E-state index contributed by atoms with van der Waals surface area (Å²) in [5.74, 6) is -1.58. The van der Waals surface area contributed by atoms with Crippen LogP contribution in [0.15, 0.2) is 22.7 Å².